The molecule has 0 spiro atoms. The summed E-state index contributed by atoms with van der Waals surface area (Å²) in [6.07, 6.45) is 4.78. The van der Waals surface area contributed by atoms with Crippen LogP contribution in [0.2, 0.25) is 0 Å². The number of rotatable bonds is 5. The molecule has 1 aliphatic heterocycles. The van der Waals surface area contributed by atoms with Gasteiger partial charge in [-0.3, -0.25) is 5.14 Å². The smallest absolute Gasteiger partial charge is 0.137 e. The molecule has 0 bridgehead atoms. The lowest BCUT2D eigenvalue weighted by atomic mass is 9.98. The summed E-state index contributed by atoms with van der Waals surface area (Å²) in [6, 6.07) is 19.2. The van der Waals surface area contributed by atoms with Gasteiger partial charge in [0.1, 0.15) is 5.75 Å². The van der Waals surface area contributed by atoms with Gasteiger partial charge in [0.25, 0.3) is 0 Å². The number of H-pyrrole nitrogens is 1. The molecule has 5 heteroatoms. The fourth-order valence-electron chi connectivity index (χ4n) is 4.28. The molecule has 5 rings (SSSR count). The summed E-state index contributed by atoms with van der Waals surface area (Å²) in [5, 5.41) is 15.8. The van der Waals surface area contributed by atoms with E-state index in [1.54, 1.807) is 0 Å². The summed E-state index contributed by atoms with van der Waals surface area (Å²) < 4.78 is 5.66. The Morgan fingerprint density at radius 2 is 1.78 bits per heavy atom. The highest BCUT2D eigenvalue weighted by Crippen LogP contribution is 2.38. The average Bonchev–Trinajstić information content (AvgIpc) is 3.44. The van der Waals surface area contributed by atoms with Crippen molar-refractivity contribution in [1.82, 2.24) is 4.98 Å². The number of nitrogens with two attached hydrogens (primary N) is 1. The second kappa shape index (κ2) is 10.3. The highest BCUT2D eigenvalue weighted by molar-refractivity contribution is 7.97. The summed E-state index contributed by atoms with van der Waals surface area (Å²) >= 11 is 1.27. The van der Waals surface area contributed by atoms with E-state index in [1.165, 1.54) is 56.2 Å². The third-order valence-corrected chi connectivity index (χ3v) is 6.27. The third kappa shape index (κ3) is 5.01. The maximum absolute atomic E-state index is 8.73. The lowest BCUT2D eigenvalue weighted by Crippen LogP contribution is -1.90. The summed E-state index contributed by atoms with van der Waals surface area (Å²) in [5.41, 5.74) is 8.79. The van der Waals surface area contributed by atoms with Crippen molar-refractivity contribution in [2.75, 3.05) is 13.2 Å². The second-order valence-electron chi connectivity index (χ2n) is 8.24. The zero-order chi connectivity index (χ0) is 22.5. The molecule has 0 aliphatic carbocycles. The minimum Gasteiger partial charge on any atom is -0.492 e. The highest BCUT2D eigenvalue weighted by atomic mass is 32.2. The molecule has 2 heterocycles. The van der Waals surface area contributed by atoms with Gasteiger partial charge in [0.05, 0.1) is 11.5 Å². The molecule has 0 atom stereocenters. The largest absolute Gasteiger partial charge is 0.492 e. The minimum absolute atomic E-state index is 0.263. The number of aliphatic hydroxyl groups excluding tert-OH is 1. The molecular formula is C27H30N2O2S. The predicted octanol–water partition coefficient (Wildman–Crippen LogP) is 5.96. The number of benzene rings is 3. The van der Waals surface area contributed by atoms with Crippen LogP contribution >= 0.6 is 11.9 Å². The van der Waals surface area contributed by atoms with Gasteiger partial charge in [0.15, 0.2) is 0 Å². The van der Waals surface area contributed by atoms with Crippen molar-refractivity contribution in [2.45, 2.75) is 38.0 Å². The van der Waals surface area contributed by atoms with E-state index in [0.717, 1.165) is 36.5 Å². The van der Waals surface area contributed by atoms with Crippen molar-refractivity contribution in [3.05, 3.63) is 83.0 Å². The summed E-state index contributed by atoms with van der Waals surface area (Å²) in [6.45, 7) is 5.29. The molecular weight excluding hydrogens is 416 g/mol. The first-order valence-corrected chi connectivity index (χ1v) is 11.9. The molecule has 0 saturated heterocycles. The normalized spacial score (nSPS) is 12.2. The van der Waals surface area contributed by atoms with Crippen LogP contribution in [0, 0.1) is 13.8 Å². The predicted molar refractivity (Wildman–Crippen MR) is 134 cm³/mol. The lowest BCUT2D eigenvalue weighted by Gasteiger charge is -2.10. The van der Waals surface area contributed by atoms with E-state index in [2.05, 4.69) is 61.3 Å². The van der Waals surface area contributed by atoms with Gasteiger partial charge >= 0.3 is 0 Å². The molecule has 3 aromatic carbocycles. The van der Waals surface area contributed by atoms with Gasteiger partial charge in [-0.05, 0) is 79.1 Å². The van der Waals surface area contributed by atoms with Crippen LogP contribution in [0.4, 0.5) is 0 Å². The van der Waals surface area contributed by atoms with Crippen molar-refractivity contribution in [3.63, 3.8) is 0 Å². The number of aryl methyl sites for hydroxylation is 3. The Hall–Kier alpha value is -2.73. The van der Waals surface area contributed by atoms with Crippen molar-refractivity contribution in [1.29, 1.82) is 0 Å². The van der Waals surface area contributed by atoms with Crippen molar-refractivity contribution >= 4 is 22.9 Å². The van der Waals surface area contributed by atoms with Crippen LogP contribution in [0.3, 0.4) is 0 Å². The second-order valence-corrected chi connectivity index (χ2v) is 8.92. The van der Waals surface area contributed by atoms with Gasteiger partial charge in [0, 0.05) is 30.1 Å². The van der Waals surface area contributed by atoms with Gasteiger partial charge in [0.2, 0.25) is 0 Å². The van der Waals surface area contributed by atoms with Crippen LogP contribution in [-0.2, 0) is 12.8 Å². The van der Waals surface area contributed by atoms with Gasteiger partial charge < -0.3 is 14.8 Å². The number of ether oxygens (including phenoxy) is 1. The number of fused-ring (bicyclic) bond motifs is 2. The standard InChI is InChI=1S/C16H17NOS.C11H13NO/c1-10-5-11(2)7-13(6-10)14-8-12-3-4-18-16(12)15(9-14)19-17;13-7-3-4-9-8-12-11-6-2-1-5-10(9)11/h5-9H,3-4,17H2,1-2H3;1-2,5-6,8,12-13H,3-4,7H2. The van der Waals surface area contributed by atoms with E-state index in [1.807, 2.05) is 18.3 Å². The molecule has 0 amide bonds. The van der Waals surface area contributed by atoms with Crippen LogP contribution in [-0.4, -0.2) is 23.3 Å². The van der Waals surface area contributed by atoms with Crippen molar-refractivity contribution in [2.24, 2.45) is 5.14 Å². The first-order chi connectivity index (χ1) is 15.6. The molecule has 166 valence electrons. The zero-order valence-corrected chi connectivity index (χ0v) is 19.5. The van der Waals surface area contributed by atoms with Gasteiger partial charge in [-0.25, -0.2) is 0 Å². The van der Waals surface area contributed by atoms with E-state index >= 15 is 0 Å². The van der Waals surface area contributed by atoms with E-state index in [4.69, 9.17) is 15.0 Å². The number of aromatic nitrogens is 1. The molecule has 4 N–H and O–H groups in total. The van der Waals surface area contributed by atoms with Gasteiger partial charge in [-0.2, -0.15) is 0 Å². The maximum Gasteiger partial charge on any atom is 0.137 e. The van der Waals surface area contributed by atoms with E-state index < -0.39 is 0 Å². The molecule has 0 saturated carbocycles. The Kier molecular flexibility index (Phi) is 7.20. The van der Waals surface area contributed by atoms with Crippen LogP contribution in [0.1, 0.15) is 28.7 Å². The molecule has 1 aliphatic rings. The Morgan fingerprint density at radius 3 is 2.53 bits per heavy atom. The van der Waals surface area contributed by atoms with Crippen LogP contribution in [0.15, 0.2) is 65.7 Å². The molecule has 0 radical (unpaired) electrons. The van der Waals surface area contributed by atoms with Gasteiger partial charge in [-0.15, -0.1) is 0 Å². The van der Waals surface area contributed by atoms with Crippen LogP contribution in [0.25, 0.3) is 22.0 Å². The average molecular weight is 447 g/mol. The fourth-order valence-corrected chi connectivity index (χ4v) is 4.77. The first-order valence-electron chi connectivity index (χ1n) is 11.0. The summed E-state index contributed by atoms with van der Waals surface area (Å²) in [7, 11) is 0. The Morgan fingerprint density at radius 1 is 1.03 bits per heavy atom. The number of aliphatic hydroxyl groups is 1. The number of nitrogens with one attached hydrogen (secondary N) is 1. The third-order valence-electron chi connectivity index (χ3n) is 5.71. The number of hydrogen-bond acceptors (Lipinski definition) is 4. The minimum atomic E-state index is 0.263. The Labute approximate surface area is 193 Å². The molecule has 1 aromatic heterocycles. The molecule has 4 aromatic rings. The number of para-hydroxylation sites is 1. The van der Waals surface area contributed by atoms with E-state index in [-0.39, 0.29) is 6.61 Å². The molecule has 4 nitrogen and oxygen atoms in total. The topological polar surface area (TPSA) is 71.3 Å². The van der Waals surface area contributed by atoms with E-state index in [9.17, 15) is 0 Å². The Balaban J connectivity index is 0.000000165. The number of hydrogen-bond donors (Lipinski definition) is 3. The Bertz CT molecular complexity index is 1200. The SMILES string of the molecule is Cc1cc(C)cc(-c2cc3c(c(SN)c2)OCC3)c1.OCCCc1c[nH]c2ccccc12. The summed E-state index contributed by atoms with van der Waals surface area (Å²) in [4.78, 5) is 4.25. The summed E-state index contributed by atoms with van der Waals surface area (Å²) in [5.74, 6) is 0.973. The van der Waals surface area contributed by atoms with Crippen molar-refractivity contribution in [3.8, 4) is 16.9 Å². The maximum atomic E-state index is 8.73. The zero-order valence-electron chi connectivity index (χ0n) is 18.7. The molecule has 0 fully saturated rings. The highest BCUT2D eigenvalue weighted by Gasteiger charge is 2.18. The van der Waals surface area contributed by atoms with Crippen LogP contribution in [0.5, 0.6) is 5.75 Å². The fraction of sp³-hybridized carbons (Fsp3) is 0.259. The molecule has 0 unspecified atom stereocenters. The molecule has 32 heavy (non-hydrogen) atoms. The first kappa shape index (κ1) is 22.5. The monoisotopic (exact) mass is 446 g/mol. The van der Waals surface area contributed by atoms with Gasteiger partial charge in [-0.1, -0.05) is 47.5 Å². The number of aromatic amines is 1. The van der Waals surface area contributed by atoms with Crippen LogP contribution < -0.4 is 9.88 Å². The lowest BCUT2D eigenvalue weighted by molar-refractivity contribution is 0.289. The van der Waals surface area contributed by atoms with E-state index in [0.29, 0.717) is 0 Å². The quantitative estimate of drug-likeness (QED) is 0.331. The van der Waals surface area contributed by atoms with Crippen molar-refractivity contribution < 1.29 is 9.84 Å².